The molecule has 0 aromatic carbocycles. The Balaban J connectivity index is 2.89. The van der Waals surface area contributed by atoms with Crippen LogP contribution in [-0.4, -0.2) is 18.1 Å². The van der Waals surface area contributed by atoms with Crippen molar-refractivity contribution in [2.75, 3.05) is 13.2 Å². The van der Waals surface area contributed by atoms with E-state index in [9.17, 15) is 0 Å². The van der Waals surface area contributed by atoms with Crippen LogP contribution >= 0.6 is 0 Å². The minimum atomic E-state index is 0.431. The van der Waals surface area contributed by atoms with E-state index < -0.39 is 0 Å². The predicted molar refractivity (Wildman–Crippen MR) is 66.9 cm³/mol. The Bertz CT molecular complexity index is 324. The highest BCUT2D eigenvalue weighted by molar-refractivity contribution is 5.26. The maximum atomic E-state index is 5.48. The van der Waals surface area contributed by atoms with Crippen molar-refractivity contribution in [2.24, 2.45) is 0 Å². The number of ether oxygens (including phenoxy) is 1. The van der Waals surface area contributed by atoms with Crippen LogP contribution in [-0.2, 0) is 6.54 Å². The zero-order chi connectivity index (χ0) is 12.0. The second-order valence-electron chi connectivity index (χ2n) is 4.11. The van der Waals surface area contributed by atoms with E-state index in [-0.39, 0.29) is 0 Å². The molecule has 0 bridgehead atoms. The van der Waals surface area contributed by atoms with Crippen molar-refractivity contribution < 1.29 is 4.74 Å². The monoisotopic (exact) mass is 222 g/mol. The zero-order valence-electron chi connectivity index (χ0n) is 10.7. The molecule has 0 aliphatic rings. The molecule has 1 N–H and O–H groups in total. The third kappa shape index (κ3) is 3.81. The second kappa shape index (κ2) is 6.48. The SMILES string of the molecule is CCNCc1cc(OCC)nc(C(C)C)c1. The highest BCUT2D eigenvalue weighted by Gasteiger charge is 2.06. The predicted octanol–water partition coefficient (Wildman–Crippen LogP) is 2.71. The Morgan fingerprint density at radius 3 is 2.62 bits per heavy atom. The van der Waals surface area contributed by atoms with Gasteiger partial charge in [-0.05, 0) is 31.0 Å². The summed E-state index contributed by atoms with van der Waals surface area (Å²) in [6.45, 7) is 10.9. The fraction of sp³-hybridized carbons (Fsp3) is 0.615. The van der Waals surface area contributed by atoms with Gasteiger partial charge in [-0.15, -0.1) is 0 Å². The summed E-state index contributed by atoms with van der Waals surface area (Å²) in [6.07, 6.45) is 0. The van der Waals surface area contributed by atoms with Gasteiger partial charge < -0.3 is 10.1 Å². The Morgan fingerprint density at radius 2 is 2.06 bits per heavy atom. The highest BCUT2D eigenvalue weighted by Crippen LogP contribution is 2.18. The molecule has 1 heterocycles. The molecule has 0 amide bonds. The molecule has 1 rings (SSSR count). The van der Waals surface area contributed by atoms with Crippen LogP contribution < -0.4 is 10.1 Å². The second-order valence-corrected chi connectivity index (χ2v) is 4.11. The molecule has 16 heavy (non-hydrogen) atoms. The van der Waals surface area contributed by atoms with Gasteiger partial charge in [0.2, 0.25) is 5.88 Å². The maximum absolute atomic E-state index is 5.48. The van der Waals surface area contributed by atoms with Crippen LogP contribution in [0.4, 0.5) is 0 Å². The first-order valence-corrected chi connectivity index (χ1v) is 6.01. The van der Waals surface area contributed by atoms with Gasteiger partial charge in [-0.2, -0.15) is 0 Å². The Labute approximate surface area is 98.2 Å². The van der Waals surface area contributed by atoms with E-state index in [4.69, 9.17) is 4.74 Å². The Morgan fingerprint density at radius 1 is 1.31 bits per heavy atom. The number of aromatic nitrogens is 1. The zero-order valence-corrected chi connectivity index (χ0v) is 10.7. The molecule has 0 fully saturated rings. The average molecular weight is 222 g/mol. The van der Waals surface area contributed by atoms with E-state index in [0.29, 0.717) is 12.5 Å². The van der Waals surface area contributed by atoms with Crippen LogP contribution in [0.2, 0.25) is 0 Å². The van der Waals surface area contributed by atoms with Crippen molar-refractivity contribution >= 4 is 0 Å². The Hall–Kier alpha value is -1.09. The first kappa shape index (κ1) is 13.0. The van der Waals surface area contributed by atoms with Crippen LogP contribution in [0.1, 0.15) is 44.9 Å². The quantitative estimate of drug-likeness (QED) is 0.803. The lowest BCUT2D eigenvalue weighted by Crippen LogP contribution is -2.12. The van der Waals surface area contributed by atoms with Crippen molar-refractivity contribution in [1.29, 1.82) is 0 Å². The van der Waals surface area contributed by atoms with E-state index in [1.54, 1.807) is 0 Å². The third-order valence-electron chi connectivity index (χ3n) is 2.34. The van der Waals surface area contributed by atoms with Gasteiger partial charge in [0.05, 0.1) is 6.61 Å². The van der Waals surface area contributed by atoms with Crippen LogP contribution in [0, 0.1) is 0 Å². The molecular weight excluding hydrogens is 200 g/mol. The van der Waals surface area contributed by atoms with E-state index in [2.05, 4.69) is 37.1 Å². The lowest BCUT2D eigenvalue weighted by Gasteiger charge is -2.11. The third-order valence-corrected chi connectivity index (χ3v) is 2.34. The molecule has 0 saturated heterocycles. The van der Waals surface area contributed by atoms with Gasteiger partial charge in [0, 0.05) is 18.3 Å². The molecule has 1 aromatic rings. The van der Waals surface area contributed by atoms with E-state index in [0.717, 1.165) is 24.7 Å². The van der Waals surface area contributed by atoms with E-state index in [1.807, 2.05) is 13.0 Å². The summed E-state index contributed by atoms with van der Waals surface area (Å²) in [7, 11) is 0. The van der Waals surface area contributed by atoms with Crippen molar-refractivity contribution in [2.45, 2.75) is 40.2 Å². The van der Waals surface area contributed by atoms with Crippen molar-refractivity contribution in [3.8, 4) is 5.88 Å². The minimum absolute atomic E-state index is 0.431. The summed E-state index contributed by atoms with van der Waals surface area (Å²) < 4.78 is 5.48. The van der Waals surface area contributed by atoms with E-state index in [1.165, 1.54) is 5.56 Å². The molecule has 0 atom stereocenters. The fourth-order valence-electron chi connectivity index (χ4n) is 1.47. The number of pyridine rings is 1. The summed E-state index contributed by atoms with van der Waals surface area (Å²) in [5.41, 5.74) is 2.34. The molecule has 0 unspecified atom stereocenters. The smallest absolute Gasteiger partial charge is 0.213 e. The van der Waals surface area contributed by atoms with Gasteiger partial charge in [0.25, 0.3) is 0 Å². The normalized spacial score (nSPS) is 10.8. The number of nitrogens with zero attached hydrogens (tertiary/aromatic N) is 1. The Kier molecular flexibility index (Phi) is 5.26. The molecule has 0 spiro atoms. The number of rotatable bonds is 6. The van der Waals surface area contributed by atoms with E-state index >= 15 is 0 Å². The van der Waals surface area contributed by atoms with Gasteiger partial charge in [-0.3, -0.25) is 0 Å². The van der Waals surface area contributed by atoms with Crippen molar-refractivity contribution in [3.05, 3.63) is 23.4 Å². The molecular formula is C13H22N2O. The lowest BCUT2D eigenvalue weighted by molar-refractivity contribution is 0.325. The summed E-state index contributed by atoms with van der Waals surface area (Å²) >= 11 is 0. The standard InChI is InChI=1S/C13H22N2O/c1-5-14-9-11-7-12(10(3)4)15-13(8-11)16-6-2/h7-8,10,14H,5-6,9H2,1-4H3. The van der Waals surface area contributed by atoms with Gasteiger partial charge in [0.1, 0.15) is 0 Å². The van der Waals surface area contributed by atoms with Crippen LogP contribution in [0.3, 0.4) is 0 Å². The van der Waals surface area contributed by atoms with Crippen LogP contribution in [0.15, 0.2) is 12.1 Å². The number of hydrogen-bond donors (Lipinski definition) is 1. The van der Waals surface area contributed by atoms with Crippen LogP contribution in [0.5, 0.6) is 5.88 Å². The van der Waals surface area contributed by atoms with Gasteiger partial charge in [-0.1, -0.05) is 20.8 Å². The average Bonchev–Trinajstić information content (AvgIpc) is 2.26. The van der Waals surface area contributed by atoms with Crippen LogP contribution in [0.25, 0.3) is 0 Å². The first-order valence-electron chi connectivity index (χ1n) is 6.01. The van der Waals surface area contributed by atoms with Crippen molar-refractivity contribution in [3.63, 3.8) is 0 Å². The number of nitrogens with one attached hydrogen (secondary N) is 1. The molecule has 3 nitrogen and oxygen atoms in total. The summed E-state index contributed by atoms with van der Waals surface area (Å²) in [4.78, 5) is 4.48. The maximum Gasteiger partial charge on any atom is 0.213 e. The molecule has 0 radical (unpaired) electrons. The largest absolute Gasteiger partial charge is 0.478 e. The van der Waals surface area contributed by atoms with Gasteiger partial charge in [-0.25, -0.2) is 4.98 Å². The fourth-order valence-corrected chi connectivity index (χ4v) is 1.47. The van der Waals surface area contributed by atoms with Gasteiger partial charge in [0.15, 0.2) is 0 Å². The summed E-state index contributed by atoms with van der Waals surface area (Å²) in [5.74, 6) is 1.17. The highest BCUT2D eigenvalue weighted by atomic mass is 16.5. The lowest BCUT2D eigenvalue weighted by atomic mass is 10.1. The molecule has 0 aliphatic carbocycles. The molecule has 90 valence electrons. The van der Waals surface area contributed by atoms with Gasteiger partial charge >= 0.3 is 0 Å². The minimum Gasteiger partial charge on any atom is -0.478 e. The topological polar surface area (TPSA) is 34.1 Å². The molecule has 1 aromatic heterocycles. The summed E-state index contributed by atoms with van der Waals surface area (Å²) in [6, 6.07) is 4.16. The molecule has 3 heteroatoms. The molecule has 0 aliphatic heterocycles. The summed E-state index contributed by atoms with van der Waals surface area (Å²) in [5, 5.41) is 3.32. The molecule has 0 saturated carbocycles. The number of hydrogen-bond acceptors (Lipinski definition) is 3. The first-order chi connectivity index (χ1) is 7.67. The van der Waals surface area contributed by atoms with Crippen molar-refractivity contribution in [1.82, 2.24) is 10.3 Å².